The standard InChI is InChI=1S/C22H26BrN3O3S/c1-4-5-11-24-20(27)15-7-6-8-17(12-15)25-22(30)26-21(28)16-9-10-19(18(23)13-16)29-14(2)3/h6-10,12-14H,4-5,11H2,1-3H3,(H,24,27)(H2,25,26,28,30). The van der Waals surface area contributed by atoms with Crippen molar-refractivity contribution in [1.82, 2.24) is 10.6 Å². The summed E-state index contributed by atoms with van der Waals surface area (Å²) in [6.45, 7) is 6.57. The molecule has 2 aromatic carbocycles. The number of hydrogen-bond donors (Lipinski definition) is 3. The Bertz CT molecular complexity index is 918. The molecule has 160 valence electrons. The SMILES string of the molecule is CCCCNC(=O)c1cccc(NC(=S)NC(=O)c2ccc(OC(C)C)c(Br)c2)c1. The van der Waals surface area contributed by atoms with E-state index in [9.17, 15) is 9.59 Å². The Labute approximate surface area is 190 Å². The van der Waals surface area contributed by atoms with Gasteiger partial charge in [0.05, 0.1) is 10.6 Å². The minimum atomic E-state index is -0.349. The highest BCUT2D eigenvalue weighted by atomic mass is 79.9. The van der Waals surface area contributed by atoms with Gasteiger partial charge in [-0.05, 0) is 84.8 Å². The molecule has 0 aromatic heterocycles. The Hall–Kier alpha value is -2.45. The van der Waals surface area contributed by atoms with E-state index >= 15 is 0 Å². The molecule has 0 aliphatic rings. The molecular formula is C22H26BrN3O3S. The van der Waals surface area contributed by atoms with Gasteiger partial charge in [-0.25, -0.2) is 0 Å². The summed E-state index contributed by atoms with van der Waals surface area (Å²) >= 11 is 8.66. The minimum absolute atomic E-state index is 0.0299. The second kappa shape index (κ2) is 11.7. The first-order chi connectivity index (χ1) is 14.3. The lowest BCUT2D eigenvalue weighted by atomic mass is 10.2. The van der Waals surface area contributed by atoms with E-state index < -0.39 is 0 Å². The number of ether oxygens (including phenoxy) is 1. The Kier molecular flexibility index (Phi) is 9.26. The average Bonchev–Trinajstić information content (AvgIpc) is 2.69. The fraction of sp³-hybridized carbons (Fsp3) is 0.318. The van der Waals surface area contributed by atoms with Crippen LogP contribution in [0.2, 0.25) is 0 Å². The van der Waals surface area contributed by atoms with Gasteiger partial charge in [0.2, 0.25) is 0 Å². The summed E-state index contributed by atoms with van der Waals surface area (Å²) in [5.41, 5.74) is 1.58. The van der Waals surface area contributed by atoms with Gasteiger partial charge in [-0.15, -0.1) is 0 Å². The number of anilines is 1. The quantitative estimate of drug-likeness (QED) is 0.361. The smallest absolute Gasteiger partial charge is 0.257 e. The van der Waals surface area contributed by atoms with Crippen molar-refractivity contribution in [2.24, 2.45) is 0 Å². The van der Waals surface area contributed by atoms with Gasteiger partial charge in [-0.3, -0.25) is 14.9 Å². The minimum Gasteiger partial charge on any atom is -0.490 e. The molecule has 2 rings (SSSR count). The molecule has 0 fully saturated rings. The largest absolute Gasteiger partial charge is 0.490 e. The first kappa shape index (κ1) is 23.8. The molecule has 8 heteroatoms. The van der Waals surface area contributed by atoms with E-state index in [0.717, 1.165) is 12.8 Å². The van der Waals surface area contributed by atoms with Crippen molar-refractivity contribution in [3.05, 3.63) is 58.1 Å². The number of halogens is 1. The normalized spacial score (nSPS) is 10.4. The molecule has 0 aliphatic carbocycles. The van der Waals surface area contributed by atoms with Crippen LogP contribution in [0.5, 0.6) is 5.75 Å². The molecule has 0 radical (unpaired) electrons. The van der Waals surface area contributed by atoms with Gasteiger partial charge in [0.1, 0.15) is 5.75 Å². The molecule has 0 unspecified atom stereocenters. The van der Waals surface area contributed by atoms with Crippen molar-refractivity contribution in [2.75, 3.05) is 11.9 Å². The fourth-order valence-electron chi connectivity index (χ4n) is 2.55. The molecule has 3 N–H and O–H groups in total. The Morgan fingerprint density at radius 3 is 2.50 bits per heavy atom. The molecule has 0 saturated heterocycles. The van der Waals surface area contributed by atoms with E-state index in [0.29, 0.717) is 33.6 Å². The summed E-state index contributed by atoms with van der Waals surface area (Å²) in [7, 11) is 0. The third kappa shape index (κ3) is 7.42. The monoisotopic (exact) mass is 491 g/mol. The highest BCUT2D eigenvalue weighted by molar-refractivity contribution is 9.10. The summed E-state index contributed by atoms with van der Waals surface area (Å²) in [5, 5.41) is 8.59. The number of rotatable bonds is 8. The lowest BCUT2D eigenvalue weighted by Gasteiger charge is -2.13. The van der Waals surface area contributed by atoms with E-state index in [1.165, 1.54) is 0 Å². The second-order valence-electron chi connectivity index (χ2n) is 6.91. The van der Waals surface area contributed by atoms with Crippen LogP contribution >= 0.6 is 28.1 Å². The predicted octanol–water partition coefficient (Wildman–Crippen LogP) is 4.89. The van der Waals surface area contributed by atoms with Crippen LogP contribution in [0.15, 0.2) is 46.9 Å². The van der Waals surface area contributed by atoms with Crippen LogP contribution in [0.4, 0.5) is 5.69 Å². The molecule has 0 aliphatic heterocycles. The summed E-state index contributed by atoms with van der Waals surface area (Å²) < 4.78 is 6.34. The highest BCUT2D eigenvalue weighted by Crippen LogP contribution is 2.27. The number of carbonyl (C=O) groups is 2. The van der Waals surface area contributed by atoms with Crippen molar-refractivity contribution in [3.8, 4) is 5.75 Å². The molecule has 6 nitrogen and oxygen atoms in total. The van der Waals surface area contributed by atoms with Crippen LogP contribution in [0.3, 0.4) is 0 Å². The van der Waals surface area contributed by atoms with Crippen LogP contribution < -0.4 is 20.7 Å². The van der Waals surface area contributed by atoms with Gasteiger partial charge < -0.3 is 15.4 Å². The second-order valence-corrected chi connectivity index (χ2v) is 8.17. The van der Waals surface area contributed by atoms with E-state index in [4.69, 9.17) is 17.0 Å². The Morgan fingerprint density at radius 1 is 1.10 bits per heavy atom. The molecular weight excluding hydrogens is 466 g/mol. The Morgan fingerprint density at radius 2 is 1.83 bits per heavy atom. The number of hydrogen-bond acceptors (Lipinski definition) is 4. The molecule has 2 amide bonds. The van der Waals surface area contributed by atoms with Crippen molar-refractivity contribution in [1.29, 1.82) is 0 Å². The Balaban J connectivity index is 1.97. The lowest BCUT2D eigenvalue weighted by Crippen LogP contribution is -2.34. The van der Waals surface area contributed by atoms with Crippen molar-refractivity contribution >= 4 is 50.8 Å². The predicted molar refractivity (Wildman–Crippen MR) is 127 cm³/mol. The fourth-order valence-corrected chi connectivity index (χ4v) is 3.23. The van der Waals surface area contributed by atoms with Gasteiger partial charge >= 0.3 is 0 Å². The van der Waals surface area contributed by atoms with Crippen LogP contribution in [0, 0.1) is 0 Å². The molecule has 0 heterocycles. The van der Waals surface area contributed by atoms with Crippen LogP contribution in [0.25, 0.3) is 0 Å². The van der Waals surface area contributed by atoms with Gasteiger partial charge in [-0.2, -0.15) is 0 Å². The molecule has 2 aromatic rings. The highest BCUT2D eigenvalue weighted by Gasteiger charge is 2.12. The van der Waals surface area contributed by atoms with E-state index in [2.05, 4.69) is 38.8 Å². The van der Waals surface area contributed by atoms with E-state index in [-0.39, 0.29) is 23.0 Å². The van der Waals surface area contributed by atoms with Gasteiger partial charge in [-0.1, -0.05) is 19.4 Å². The van der Waals surface area contributed by atoms with E-state index in [1.807, 2.05) is 13.8 Å². The third-order valence-electron chi connectivity index (χ3n) is 3.98. The lowest BCUT2D eigenvalue weighted by molar-refractivity contribution is 0.0950. The topological polar surface area (TPSA) is 79.5 Å². The summed E-state index contributed by atoms with van der Waals surface area (Å²) in [4.78, 5) is 24.7. The average molecular weight is 492 g/mol. The van der Waals surface area contributed by atoms with Gasteiger partial charge in [0, 0.05) is 23.4 Å². The third-order valence-corrected chi connectivity index (χ3v) is 4.81. The molecule has 0 atom stereocenters. The van der Waals surface area contributed by atoms with E-state index in [1.54, 1.807) is 42.5 Å². The zero-order valence-corrected chi connectivity index (χ0v) is 19.7. The van der Waals surface area contributed by atoms with Crippen LogP contribution in [-0.2, 0) is 0 Å². The maximum absolute atomic E-state index is 12.5. The molecule has 0 saturated carbocycles. The van der Waals surface area contributed by atoms with Crippen LogP contribution in [0.1, 0.15) is 54.3 Å². The number of amides is 2. The zero-order chi connectivity index (χ0) is 22.1. The maximum Gasteiger partial charge on any atom is 0.257 e. The number of thiocarbonyl (C=S) groups is 1. The van der Waals surface area contributed by atoms with Crippen LogP contribution in [-0.4, -0.2) is 29.6 Å². The molecule has 30 heavy (non-hydrogen) atoms. The number of benzene rings is 2. The van der Waals surface area contributed by atoms with Crippen molar-refractivity contribution in [3.63, 3.8) is 0 Å². The molecule has 0 spiro atoms. The van der Waals surface area contributed by atoms with Crippen molar-refractivity contribution < 1.29 is 14.3 Å². The number of carbonyl (C=O) groups excluding carboxylic acids is 2. The first-order valence-electron chi connectivity index (χ1n) is 9.77. The summed E-state index contributed by atoms with van der Waals surface area (Å²) in [6.07, 6.45) is 1.97. The number of unbranched alkanes of at least 4 members (excludes halogenated alkanes) is 1. The van der Waals surface area contributed by atoms with Gasteiger partial charge in [0.25, 0.3) is 11.8 Å². The maximum atomic E-state index is 12.5. The van der Waals surface area contributed by atoms with Crippen molar-refractivity contribution in [2.45, 2.75) is 39.7 Å². The van der Waals surface area contributed by atoms with Gasteiger partial charge in [0.15, 0.2) is 5.11 Å². The summed E-state index contributed by atoms with van der Waals surface area (Å²) in [6, 6.07) is 12.0. The molecule has 0 bridgehead atoms. The summed E-state index contributed by atoms with van der Waals surface area (Å²) in [5.74, 6) is 0.171. The zero-order valence-electron chi connectivity index (χ0n) is 17.3. The first-order valence-corrected chi connectivity index (χ1v) is 11.0. The number of nitrogens with one attached hydrogen (secondary N) is 3.